The standard InChI is InChI=1S/C13H20INO/c1-10(16-3)8-13(15-2)9-11-4-6-12(14)7-5-11/h4-7,10,13,15H,8-9H2,1-3H3. The van der Waals surface area contributed by atoms with Crippen LogP contribution in [0.2, 0.25) is 0 Å². The molecule has 2 atom stereocenters. The number of nitrogens with one attached hydrogen (secondary N) is 1. The third-order valence-electron chi connectivity index (χ3n) is 2.82. The van der Waals surface area contributed by atoms with Crippen molar-refractivity contribution in [3.63, 3.8) is 0 Å². The molecule has 0 aliphatic carbocycles. The maximum Gasteiger partial charge on any atom is 0.0558 e. The lowest BCUT2D eigenvalue weighted by Crippen LogP contribution is -2.31. The van der Waals surface area contributed by atoms with E-state index in [1.807, 2.05) is 7.05 Å². The number of methoxy groups -OCH3 is 1. The predicted molar refractivity (Wildman–Crippen MR) is 76.8 cm³/mol. The largest absolute Gasteiger partial charge is 0.382 e. The van der Waals surface area contributed by atoms with Crippen LogP contribution in [-0.4, -0.2) is 26.3 Å². The molecular weight excluding hydrogens is 313 g/mol. The van der Waals surface area contributed by atoms with E-state index < -0.39 is 0 Å². The number of likely N-dealkylation sites (N-methyl/N-ethyl adjacent to an activating group) is 1. The van der Waals surface area contributed by atoms with Crippen LogP contribution in [-0.2, 0) is 11.2 Å². The van der Waals surface area contributed by atoms with E-state index in [-0.39, 0.29) is 0 Å². The van der Waals surface area contributed by atoms with Gasteiger partial charge >= 0.3 is 0 Å². The Balaban J connectivity index is 2.52. The molecule has 1 aromatic rings. The van der Waals surface area contributed by atoms with E-state index in [0.717, 1.165) is 12.8 Å². The summed E-state index contributed by atoms with van der Waals surface area (Å²) in [6.45, 7) is 2.11. The van der Waals surface area contributed by atoms with Crippen LogP contribution in [0.1, 0.15) is 18.9 Å². The van der Waals surface area contributed by atoms with Gasteiger partial charge in [0.1, 0.15) is 0 Å². The third-order valence-corrected chi connectivity index (χ3v) is 3.54. The Morgan fingerprint density at radius 2 is 1.94 bits per heavy atom. The lowest BCUT2D eigenvalue weighted by Gasteiger charge is -2.19. The van der Waals surface area contributed by atoms with Gasteiger partial charge in [-0.15, -0.1) is 0 Å². The van der Waals surface area contributed by atoms with Gasteiger partial charge in [-0.05, 0) is 67.1 Å². The fourth-order valence-electron chi connectivity index (χ4n) is 1.71. The Morgan fingerprint density at radius 3 is 2.44 bits per heavy atom. The minimum absolute atomic E-state index is 0.307. The Kier molecular flexibility index (Phi) is 6.31. The zero-order valence-electron chi connectivity index (χ0n) is 10.2. The van der Waals surface area contributed by atoms with E-state index in [1.165, 1.54) is 9.13 Å². The quantitative estimate of drug-likeness (QED) is 0.809. The van der Waals surface area contributed by atoms with Gasteiger partial charge in [-0.25, -0.2) is 0 Å². The summed E-state index contributed by atoms with van der Waals surface area (Å²) >= 11 is 2.33. The molecule has 2 nitrogen and oxygen atoms in total. The van der Waals surface area contributed by atoms with Crippen LogP contribution in [0.5, 0.6) is 0 Å². The summed E-state index contributed by atoms with van der Waals surface area (Å²) in [5.74, 6) is 0. The van der Waals surface area contributed by atoms with Crippen molar-refractivity contribution in [2.45, 2.75) is 31.9 Å². The first-order valence-corrected chi connectivity index (χ1v) is 6.68. The molecule has 0 aromatic heterocycles. The molecular formula is C13H20INO. The third kappa shape index (κ3) is 4.80. The van der Waals surface area contributed by atoms with Crippen LogP contribution >= 0.6 is 22.6 Å². The molecule has 1 N–H and O–H groups in total. The van der Waals surface area contributed by atoms with Crippen molar-refractivity contribution >= 4 is 22.6 Å². The molecule has 0 saturated heterocycles. The Labute approximate surface area is 112 Å². The molecule has 3 heteroatoms. The van der Waals surface area contributed by atoms with Crippen LogP contribution in [0, 0.1) is 3.57 Å². The van der Waals surface area contributed by atoms with Crippen LogP contribution in [0.3, 0.4) is 0 Å². The first kappa shape index (κ1) is 13.9. The molecule has 0 fully saturated rings. The summed E-state index contributed by atoms with van der Waals surface area (Å²) in [6.07, 6.45) is 2.40. The first-order chi connectivity index (χ1) is 7.65. The molecule has 0 aliphatic heterocycles. The molecule has 0 radical (unpaired) electrons. The summed E-state index contributed by atoms with van der Waals surface area (Å²) in [5, 5.41) is 3.35. The molecule has 1 rings (SSSR count). The van der Waals surface area contributed by atoms with Crippen molar-refractivity contribution in [3.8, 4) is 0 Å². The maximum atomic E-state index is 5.30. The molecule has 2 unspecified atom stereocenters. The summed E-state index contributed by atoms with van der Waals surface area (Å²) < 4.78 is 6.58. The van der Waals surface area contributed by atoms with Crippen LogP contribution in [0.4, 0.5) is 0 Å². The summed E-state index contributed by atoms with van der Waals surface area (Å²) in [4.78, 5) is 0. The van der Waals surface area contributed by atoms with E-state index in [4.69, 9.17) is 4.74 Å². The summed E-state index contributed by atoms with van der Waals surface area (Å²) in [7, 11) is 3.78. The van der Waals surface area contributed by atoms with E-state index in [1.54, 1.807) is 7.11 Å². The Bertz CT molecular complexity index is 299. The molecule has 90 valence electrons. The van der Waals surface area contributed by atoms with E-state index in [0.29, 0.717) is 12.1 Å². The monoisotopic (exact) mass is 333 g/mol. The van der Waals surface area contributed by atoms with Crippen LogP contribution in [0.15, 0.2) is 24.3 Å². The molecule has 0 amide bonds. The normalized spacial score (nSPS) is 14.8. The fourth-order valence-corrected chi connectivity index (χ4v) is 2.06. The van der Waals surface area contributed by atoms with Gasteiger partial charge in [-0.3, -0.25) is 0 Å². The highest BCUT2D eigenvalue weighted by atomic mass is 127. The summed E-state index contributed by atoms with van der Waals surface area (Å²) in [5.41, 5.74) is 1.38. The first-order valence-electron chi connectivity index (χ1n) is 5.60. The van der Waals surface area contributed by atoms with Crippen molar-refractivity contribution in [2.24, 2.45) is 0 Å². The second-order valence-electron chi connectivity index (χ2n) is 4.10. The zero-order chi connectivity index (χ0) is 12.0. The second-order valence-corrected chi connectivity index (χ2v) is 5.34. The molecule has 0 aliphatic rings. The van der Waals surface area contributed by atoms with E-state index in [2.05, 4.69) is 59.1 Å². The molecule has 0 spiro atoms. The average molecular weight is 333 g/mol. The van der Waals surface area contributed by atoms with E-state index in [9.17, 15) is 0 Å². The SMILES string of the molecule is CNC(Cc1ccc(I)cc1)CC(C)OC. The van der Waals surface area contributed by atoms with Crippen LogP contribution < -0.4 is 5.32 Å². The van der Waals surface area contributed by atoms with Gasteiger partial charge in [-0.2, -0.15) is 0 Å². The smallest absolute Gasteiger partial charge is 0.0558 e. The molecule has 0 bridgehead atoms. The topological polar surface area (TPSA) is 21.3 Å². The van der Waals surface area contributed by atoms with Crippen molar-refractivity contribution in [3.05, 3.63) is 33.4 Å². The Morgan fingerprint density at radius 1 is 1.31 bits per heavy atom. The number of hydrogen-bond acceptors (Lipinski definition) is 2. The lowest BCUT2D eigenvalue weighted by atomic mass is 10.0. The van der Waals surface area contributed by atoms with Crippen molar-refractivity contribution in [1.29, 1.82) is 0 Å². The van der Waals surface area contributed by atoms with Crippen molar-refractivity contribution < 1.29 is 4.74 Å². The minimum Gasteiger partial charge on any atom is -0.382 e. The van der Waals surface area contributed by atoms with Gasteiger partial charge in [0.15, 0.2) is 0 Å². The maximum absolute atomic E-state index is 5.30. The van der Waals surface area contributed by atoms with Gasteiger partial charge in [-0.1, -0.05) is 12.1 Å². The highest BCUT2D eigenvalue weighted by molar-refractivity contribution is 14.1. The number of hydrogen-bond donors (Lipinski definition) is 1. The number of ether oxygens (including phenoxy) is 1. The van der Waals surface area contributed by atoms with Crippen molar-refractivity contribution in [2.75, 3.05) is 14.2 Å². The zero-order valence-corrected chi connectivity index (χ0v) is 12.3. The molecule has 1 aromatic carbocycles. The van der Waals surface area contributed by atoms with Gasteiger partial charge in [0.2, 0.25) is 0 Å². The van der Waals surface area contributed by atoms with Gasteiger partial charge < -0.3 is 10.1 Å². The van der Waals surface area contributed by atoms with Crippen LogP contribution in [0.25, 0.3) is 0 Å². The highest BCUT2D eigenvalue weighted by Crippen LogP contribution is 2.11. The molecule has 16 heavy (non-hydrogen) atoms. The number of halogens is 1. The number of rotatable bonds is 6. The molecule has 0 heterocycles. The highest BCUT2D eigenvalue weighted by Gasteiger charge is 2.11. The number of benzene rings is 1. The van der Waals surface area contributed by atoms with Crippen molar-refractivity contribution in [1.82, 2.24) is 5.32 Å². The van der Waals surface area contributed by atoms with Gasteiger partial charge in [0, 0.05) is 16.7 Å². The minimum atomic E-state index is 0.307. The van der Waals surface area contributed by atoms with Gasteiger partial charge in [0.05, 0.1) is 6.10 Å². The lowest BCUT2D eigenvalue weighted by molar-refractivity contribution is 0.101. The summed E-state index contributed by atoms with van der Waals surface area (Å²) in [6, 6.07) is 9.19. The average Bonchev–Trinajstić information content (AvgIpc) is 2.30. The predicted octanol–water partition coefficient (Wildman–Crippen LogP) is 2.85. The Hall–Kier alpha value is -0.130. The van der Waals surface area contributed by atoms with E-state index >= 15 is 0 Å². The van der Waals surface area contributed by atoms with Gasteiger partial charge in [0.25, 0.3) is 0 Å². The second kappa shape index (κ2) is 7.25. The molecule has 0 saturated carbocycles. The fraction of sp³-hybridized carbons (Fsp3) is 0.538.